The van der Waals surface area contributed by atoms with Gasteiger partial charge in [-0.25, -0.2) is 14.4 Å². The minimum Gasteiger partial charge on any atom is -0.502 e. The standard InChI is InChI=1S/C9H6O10/c10-6-4(18-8(13)14)1-3(17-7(11)12)2-5(6)19-9(15)16/h1-2,10H,(H,11,12)(H,13,14)(H,15,16). The van der Waals surface area contributed by atoms with Gasteiger partial charge in [-0.05, 0) is 0 Å². The van der Waals surface area contributed by atoms with Crippen molar-refractivity contribution in [3.8, 4) is 23.0 Å². The lowest BCUT2D eigenvalue weighted by Crippen LogP contribution is -2.08. The summed E-state index contributed by atoms with van der Waals surface area (Å²) in [7, 11) is 0. The maximum absolute atomic E-state index is 10.3. The SMILES string of the molecule is O=C(O)Oc1cc(OC(=O)O)c(O)c(OC(=O)O)c1. The normalized spacial score (nSPS) is 9.47. The van der Waals surface area contributed by atoms with Crippen molar-refractivity contribution in [2.24, 2.45) is 0 Å². The number of hydrogen-bond acceptors (Lipinski definition) is 7. The van der Waals surface area contributed by atoms with Crippen molar-refractivity contribution in [3.05, 3.63) is 12.1 Å². The number of benzene rings is 1. The first-order valence-corrected chi connectivity index (χ1v) is 4.39. The van der Waals surface area contributed by atoms with Crippen LogP contribution in [0.1, 0.15) is 0 Å². The molecule has 1 rings (SSSR count). The van der Waals surface area contributed by atoms with Crippen molar-refractivity contribution in [2.45, 2.75) is 0 Å². The van der Waals surface area contributed by atoms with Crippen LogP contribution in [0.4, 0.5) is 14.4 Å². The molecule has 1 aromatic carbocycles. The van der Waals surface area contributed by atoms with Crippen LogP contribution >= 0.6 is 0 Å². The maximum Gasteiger partial charge on any atom is 0.511 e. The Kier molecular flexibility index (Phi) is 3.98. The monoisotopic (exact) mass is 274 g/mol. The molecule has 4 N–H and O–H groups in total. The molecule has 10 heteroatoms. The average molecular weight is 274 g/mol. The molecule has 0 radical (unpaired) electrons. The van der Waals surface area contributed by atoms with Crippen LogP contribution in [0, 0.1) is 0 Å². The molecule has 0 unspecified atom stereocenters. The van der Waals surface area contributed by atoms with Crippen molar-refractivity contribution in [2.75, 3.05) is 0 Å². The average Bonchev–Trinajstić information content (AvgIpc) is 2.22. The summed E-state index contributed by atoms with van der Waals surface area (Å²) in [6, 6.07) is 1.46. The van der Waals surface area contributed by atoms with Gasteiger partial charge in [-0.15, -0.1) is 0 Å². The topological polar surface area (TPSA) is 160 Å². The minimum atomic E-state index is -1.82. The Labute approximate surface area is 104 Å². The van der Waals surface area contributed by atoms with Crippen LogP contribution in [0.25, 0.3) is 0 Å². The van der Waals surface area contributed by atoms with Crippen molar-refractivity contribution < 1.29 is 49.0 Å². The Hall–Kier alpha value is -3.17. The highest BCUT2D eigenvalue weighted by Crippen LogP contribution is 2.40. The quantitative estimate of drug-likeness (QED) is 0.470. The van der Waals surface area contributed by atoms with E-state index in [4.69, 9.17) is 15.3 Å². The Bertz CT molecular complexity index is 497. The van der Waals surface area contributed by atoms with E-state index >= 15 is 0 Å². The van der Waals surface area contributed by atoms with E-state index in [0.717, 1.165) is 12.1 Å². The van der Waals surface area contributed by atoms with Gasteiger partial charge in [0.2, 0.25) is 5.75 Å². The third-order valence-electron chi connectivity index (χ3n) is 1.61. The van der Waals surface area contributed by atoms with Gasteiger partial charge in [-0.2, -0.15) is 0 Å². The van der Waals surface area contributed by atoms with Crippen LogP contribution in [-0.2, 0) is 0 Å². The van der Waals surface area contributed by atoms with Crippen LogP contribution in [0.3, 0.4) is 0 Å². The van der Waals surface area contributed by atoms with Crippen LogP contribution in [0.5, 0.6) is 23.0 Å². The molecule has 102 valence electrons. The van der Waals surface area contributed by atoms with Gasteiger partial charge in [0.25, 0.3) is 0 Å². The number of aromatic hydroxyl groups is 1. The molecular weight excluding hydrogens is 268 g/mol. The van der Waals surface area contributed by atoms with Gasteiger partial charge in [-0.3, -0.25) is 0 Å². The van der Waals surface area contributed by atoms with Gasteiger partial charge in [0.15, 0.2) is 11.5 Å². The molecule has 0 spiro atoms. The van der Waals surface area contributed by atoms with Gasteiger partial charge in [0.05, 0.1) is 0 Å². The van der Waals surface area contributed by atoms with Gasteiger partial charge in [-0.1, -0.05) is 0 Å². The Balaban J connectivity index is 3.24. The number of rotatable bonds is 3. The molecule has 0 bridgehead atoms. The van der Waals surface area contributed by atoms with Crippen molar-refractivity contribution >= 4 is 18.5 Å². The first-order chi connectivity index (χ1) is 8.79. The lowest BCUT2D eigenvalue weighted by Gasteiger charge is -2.09. The molecule has 19 heavy (non-hydrogen) atoms. The Morgan fingerprint density at radius 1 is 0.789 bits per heavy atom. The van der Waals surface area contributed by atoms with E-state index in [2.05, 4.69) is 14.2 Å². The van der Waals surface area contributed by atoms with Crippen LogP contribution in [0.2, 0.25) is 0 Å². The van der Waals surface area contributed by atoms with E-state index in [1.807, 2.05) is 0 Å². The Morgan fingerprint density at radius 3 is 1.47 bits per heavy atom. The van der Waals surface area contributed by atoms with Gasteiger partial charge < -0.3 is 34.6 Å². The van der Waals surface area contributed by atoms with E-state index in [0.29, 0.717) is 0 Å². The predicted octanol–water partition coefficient (Wildman–Crippen LogP) is 1.56. The van der Waals surface area contributed by atoms with E-state index in [1.54, 1.807) is 0 Å². The number of phenolic OH excluding ortho intramolecular Hbond substituents is 1. The third-order valence-corrected chi connectivity index (χ3v) is 1.61. The van der Waals surface area contributed by atoms with Crippen LogP contribution in [-0.4, -0.2) is 38.9 Å². The zero-order valence-corrected chi connectivity index (χ0v) is 8.89. The molecule has 0 atom stereocenters. The maximum atomic E-state index is 10.3. The lowest BCUT2D eigenvalue weighted by molar-refractivity contribution is 0.138. The van der Waals surface area contributed by atoms with E-state index in [-0.39, 0.29) is 0 Å². The number of phenols is 1. The second-order valence-corrected chi connectivity index (χ2v) is 2.87. The summed E-state index contributed by atoms with van der Waals surface area (Å²) in [6.07, 6.45) is -5.37. The zero-order valence-electron chi connectivity index (χ0n) is 8.89. The molecule has 0 fully saturated rings. The molecule has 10 nitrogen and oxygen atoms in total. The highest BCUT2D eigenvalue weighted by molar-refractivity contribution is 5.70. The van der Waals surface area contributed by atoms with Gasteiger partial charge in [0, 0.05) is 12.1 Å². The second-order valence-electron chi connectivity index (χ2n) is 2.87. The summed E-state index contributed by atoms with van der Waals surface area (Å²) in [5.41, 5.74) is 0. The predicted molar refractivity (Wildman–Crippen MR) is 54.1 cm³/mol. The number of carboxylic acid groups (broad SMARTS) is 3. The summed E-state index contributed by atoms with van der Waals surface area (Å²) >= 11 is 0. The number of hydrogen-bond donors (Lipinski definition) is 4. The molecule has 0 amide bonds. The van der Waals surface area contributed by atoms with Crippen molar-refractivity contribution in [1.82, 2.24) is 0 Å². The molecule has 1 aromatic rings. The molecule has 0 saturated heterocycles. The summed E-state index contributed by atoms with van der Waals surface area (Å²) in [4.78, 5) is 31.0. The minimum absolute atomic E-state index is 0.502. The molecule has 0 aliphatic carbocycles. The summed E-state index contributed by atoms with van der Waals surface area (Å²) in [5, 5.41) is 34.6. The fraction of sp³-hybridized carbons (Fsp3) is 0. The fourth-order valence-electron chi connectivity index (χ4n) is 1.06. The molecule has 0 saturated carbocycles. The summed E-state index contributed by atoms with van der Waals surface area (Å²) in [6.45, 7) is 0. The number of carbonyl (C=O) groups is 3. The largest absolute Gasteiger partial charge is 0.511 e. The molecule has 0 aliphatic rings. The zero-order chi connectivity index (χ0) is 14.6. The van der Waals surface area contributed by atoms with Crippen molar-refractivity contribution in [3.63, 3.8) is 0 Å². The van der Waals surface area contributed by atoms with Crippen LogP contribution < -0.4 is 14.2 Å². The highest BCUT2D eigenvalue weighted by atomic mass is 16.7. The fourth-order valence-corrected chi connectivity index (χ4v) is 1.06. The summed E-state index contributed by atoms with van der Waals surface area (Å²) < 4.78 is 12.4. The van der Waals surface area contributed by atoms with Crippen molar-refractivity contribution in [1.29, 1.82) is 0 Å². The smallest absolute Gasteiger partial charge is 0.502 e. The van der Waals surface area contributed by atoms with Gasteiger partial charge >= 0.3 is 18.5 Å². The Morgan fingerprint density at radius 2 is 1.16 bits per heavy atom. The molecule has 0 aromatic heterocycles. The third kappa shape index (κ3) is 3.96. The molecular formula is C9H6O10. The number of ether oxygens (including phenoxy) is 3. The second kappa shape index (κ2) is 5.44. The van der Waals surface area contributed by atoms with E-state index in [1.165, 1.54) is 0 Å². The molecule has 0 heterocycles. The van der Waals surface area contributed by atoms with Gasteiger partial charge in [0.1, 0.15) is 5.75 Å². The highest BCUT2D eigenvalue weighted by Gasteiger charge is 2.19. The molecule has 0 aliphatic heterocycles. The van der Waals surface area contributed by atoms with E-state index in [9.17, 15) is 19.5 Å². The van der Waals surface area contributed by atoms with Crippen LogP contribution in [0.15, 0.2) is 12.1 Å². The summed E-state index contributed by atoms with van der Waals surface area (Å²) in [5.74, 6) is -2.94. The lowest BCUT2D eigenvalue weighted by atomic mass is 10.2. The first kappa shape index (κ1) is 13.9. The first-order valence-electron chi connectivity index (χ1n) is 4.39. The van der Waals surface area contributed by atoms with E-state index < -0.39 is 41.5 Å².